The van der Waals surface area contributed by atoms with Crippen LogP contribution in [0.2, 0.25) is 0 Å². The van der Waals surface area contributed by atoms with Crippen molar-refractivity contribution in [3.8, 4) is 5.69 Å². The van der Waals surface area contributed by atoms with Crippen LogP contribution in [-0.4, -0.2) is 39.7 Å². The number of benzene rings is 1. The van der Waals surface area contributed by atoms with E-state index in [2.05, 4.69) is 16.7 Å². The van der Waals surface area contributed by atoms with Crippen LogP contribution >= 0.6 is 0 Å². The van der Waals surface area contributed by atoms with Crippen molar-refractivity contribution in [3.63, 3.8) is 0 Å². The summed E-state index contributed by atoms with van der Waals surface area (Å²) < 4.78 is 2.11. The Hall–Kier alpha value is -2.07. The van der Waals surface area contributed by atoms with Gasteiger partial charge in [-0.3, -0.25) is 4.79 Å². The molecule has 4 heteroatoms. The van der Waals surface area contributed by atoms with Gasteiger partial charge >= 0.3 is 0 Å². The summed E-state index contributed by atoms with van der Waals surface area (Å²) in [5.74, 6) is 0.00255. The molecule has 1 atom stereocenters. The van der Waals surface area contributed by atoms with E-state index >= 15 is 0 Å². The van der Waals surface area contributed by atoms with Crippen LogP contribution in [0.4, 0.5) is 0 Å². The van der Waals surface area contributed by atoms with Gasteiger partial charge in [0, 0.05) is 24.5 Å². The second kappa shape index (κ2) is 5.61. The zero-order chi connectivity index (χ0) is 15.9. The van der Waals surface area contributed by atoms with Crippen molar-refractivity contribution in [1.29, 1.82) is 0 Å². The number of aliphatic hydroxyl groups is 1. The van der Waals surface area contributed by atoms with Crippen LogP contribution in [-0.2, 0) is 0 Å². The molecule has 0 unspecified atom stereocenters. The lowest BCUT2D eigenvalue weighted by molar-refractivity contribution is 0.0765. The van der Waals surface area contributed by atoms with E-state index in [4.69, 9.17) is 0 Å². The van der Waals surface area contributed by atoms with E-state index in [0.717, 1.165) is 22.6 Å². The van der Waals surface area contributed by atoms with Crippen LogP contribution < -0.4 is 0 Å². The molecule has 1 amide bonds. The highest BCUT2D eigenvalue weighted by molar-refractivity contribution is 5.98. The Balaban J connectivity index is 2.07. The number of β-amino-alcohol motifs (C(OH)–C–C–N with tert-alkyl or cyclic N) is 1. The number of hydrogen-bond donors (Lipinski definition) is 1. The van der Waals surface area contributed by atoms with Gasteiger partial charge < -0.3 is 14.6 Å². The Bertz CT molecular complexity index is 698. The third-order valence-corrected chi connectivity index (χ3v) is 4.35. The molecule has 1 aromatic heterocycles. The van der Waals surface area contributed by atoms with Gasteiger partial charge in [0.2, 0.25) is 0 Å². The maximum Gasteiger partial charge on any atom is 0.256 e. The maximum atomic E-state index is 12.9. The van der Waals surface area contributed by atoms with E-state index in [-0.39, 0.29) is 5.91 Å². The molecule has 1 fully saturated rings. The van der Waals surface area contributed by atoms with Gasteiger partial charge in [-0.15, -0.1) is 0 Å². The first-order chi connectivity index (χ1) is 10.5. The summed E-state index contributed by atoms with van der Waals surface area (Å²) in [7, 11) is 0. The average Bonchev–Trinajstić information content (AvgIpc) is 3.05. The smallest absolute Gasteiger partial charge is 0.256 e. The minimum absolute atomic E-state index is 0.00255. The summed E-state index contributed by atoms with van der Waals surface area (Å²) in [5, 5.41) is 9.69. The number of aliphatic hydroxyl groups excluding tert-OH is 1. The fourth-order valence-corrected chi connectivity index (χ4v) is 3.16. The van der Waals surface area contributed by atoms with E-state index in [1.807, 2.05) is 39.0 Å². The van der Waals surface area contributed by atoms with Crippen LogP contribution in [0.1, 0.15) is 33.7 Å². The van der Waals surface area contributed by atoms with E-state index in [0.29, 0.717) is 25.1 Å². The lowest BCUT2D eigenvalue weighted by Crippen LogP contribution is -2.30. The van der Waals surface area contributed by atoms with Crippen LogP contribution in [0.15, 0.2) is 30.3 Å². The number of likely N-dealkylation sites (tertiary alicyclic amines) is 1. The normalized spacial score (nSPS) is 18.0. The van der Waals surface area contributed by atoms with Gasteiger partial charge in [0.05, 0.1) is 17.4 Å². The highest BCUT2D eigenvalue weighted by atomic mass is 16.3. The first-order valence-corrected chi connectivity index (χ1v) is 7.70. The molecular weight excluding hydrogens is 276 g/mol. The highest BCUT2D eigenvalue weighted by Crippen LogP contribution is 2.24. The quantitative estimate of drug-likeness (QED) is 0.926. The molecule has 1 aliphatic heterocycles. The van der Waals surface area contributed by atoms with E-state index in [1.54, 1.807) is 4.90 Å². The zero-order valence-corrected chi connectivity index (χ0v) is 13.3. The lowest BCUT2D eigenvalue weighted by atomic mass is 10.1. The van der Waals surface area contributed by atoms with Crippen molar-refractivity contribution in [3.05, 3.63) is 52.8 Å². The van der Waals surface area contributed by atoms with E-state index in [9.17, 15) is 9.90 Å². The van der Waals surface area contributed by atoms with Crippen molar-refractivity contribution in [1.82, 2.24) is 9.47 Å². The van der Waals surface area contributed by atoms with E-state index < -0.39 is 6.10 Å². The van der Waals surface area contributed by atoms with Crippen LogP contribution in [0.25, 0.3) is 5.69 Å². The minimum atomic E-state index is -0.396. The van der Waals surface area contributed by atoms with Gasteiger partial charge in [-0.2, -0.15) is 0 Å². The number of aryl methyl sites for hydroxylation is 3. The van der Waals surface area contributed by atoms with Gasteiger partial charge in [-0.1, -0.05) is 11.6 Å². The number of carbonyl (C=O) groups excluding carboxylic acids is 1. The summed E-state index contributed by atoms with van der Waals surface area (Å²) in [5.41, 5.74) is 4.90. The first-order valence-electron chi connectivity index (χ1n) is 7.70. The fourth-order valence-electron chi connectivity index (χ4n) is 3.16. The third kappa shape index (κ3) is 2.55. The van der Waals surface area contributed by atoms with Crippen molar-refractivity contribution in [2.75, 3.05) is 13.1 Å². The lowest BCUT2D eigenvalue weighted by Gasteiger charge is -2.20. The molecule has 1 saturated heterocycles. The number of aromatic nitrogens is 1. The Labute approximate surface area is 131 Å². The van der Waals surface area contributed by atoms with Crippen LogP contribution in [0.5, 0.6) is 0 Å². The van der Waals surface area contributed by atoms with Gasteiger partial charge in [0.1, 0.15) is 0 Å². The standard InChI is InChI=1S/C18H22N2O2/c1-12-4-7-17(20-13(2)5-6-14(20)3)16(10-12)18(22)19-9-8-15(21)11-19/h4-7,10,15,21H,8-9,11H2,1-3H3/t15-/m1/s1. The summed E-state index contributed by atoms with van der Waals surface area (Å²) in [6.07, 6.45) is 0.265. The van der Waals surface area contributed by atoms with Crippen molar-refractivity contribution in [2.24, 2.45) is 0 Å². The van der Waals surface area contributed by atoms with Crippen LogP contribution in [0.3, 0.4) is 0 Å². The molecule has 0 spiro atoms. The van der Waals surface area contributed by atoms with Gasteiger partial charge in [-0.25, -0.2) is 0 Å². The molecule has 4 nitrogen and oxygen atoms in total. The Morgan fingerprint density at radius 2 is 1.82 bits per heavy atom. The fraction of sp³-hybridized carbons (Fsp3) is 0.389. The highest BCUT2D eigenvalue weighted by Gasteiger charge is 2.27. The number of rotatable bonds is 2. The Morgan fingerprint density at radius 3 is 2.41 bits per heavy atom. The number of nitrogens with zero attached hydrogens (tertiary/aromatic N) is 2. The molecule has 1 aromatic carbocycles. The van der Waals surface area contributed by atoms with Crippen molar-refractivity contribution >= 4 is 5.91 Å². The Kier molecular flexibility index (Phi) is 3.79. The van der Waals surface area contributed by atoms with Crippen molar-refractivity contribution in [2.45, 2.75) is 33.3 Å². The summed E-state index contributed by atoms with van der Waals surface area (Å²) >= 11 is 0. The minimum Gasteiger partial charge on any atom is -0.391 e. The molecule has 1 aliphatic rings. The monoisotopic (exact) mass is 298 g/mol. The van der Waals surface area contributed by atoms with Gasteiger partial charge in [0.15, 0.2) is 0 Å². The molecular formula is C18H22N2O2. The Morgan fingerprint density at radius 1 is 1.14 bits per heavy atom. The zero-order valence-electron chi connectivity index (χ0n) is 13.3. The largest absolute Gasteiger partial charge is 0.391 e. The number of carbonyl (C=O) groups is 1. The molecule has 0 bridgehead atoms. The van der Waals surface area contributed by atoms with Crippen LogP contribution in [0, 0.1) is 20.8 Å². The SMILES string of the molecule is Cc1ccc(-n2c(C)ccc2C)c(C(=O)N2CC[C@@H](O)C2)c1. The second-order valence-corrected chi connectivity index (χ2v) is 6.17. The molecule has 2 heterocycles. The third-order valence-electron chi connectivity index (χ3n) is 4.35. The molecule has 3 rings (SSSR count). The maximum absolute atomic E-state index is 12.9. The van der Waals surface area contributed by atoms with Gasteiger partial charge in [0.25, 0.3) is 5.91 Å². The average molecular weight is 298 g/mol. The molecule has 0 saturated carbocycles. The molecule has 0 aliphatic carbocycles. The molecule has 116 valence electrons. The number of hydrogen-bond acceptors (Lipinski definition) is 2. The molecule has 0 radical (unpaired) electrons. The van der Waals surface area contributed by atoms with Gasteiger partial charge in [-0.05, 0) is 51.5 Å². The molecule has 2 aromatic rings. The van der Waals surface area contributed by atoms with E-state index in [1.165, 1.54) is 0 Å². The summed E-state index contributed by atoms with van der Waals surface area (Å²) in [6, 6.07) is 10.1. The molecule has 22 heavy (non-hydrogen) atoms. The predicted octanol–water partition coefficient (Wildman–Crippen LogP) is 2.61. The molecule has 1 N–H and O–H groups in total. The first kappa shape index (κ1) is 14.9. The summed E-state index contributed by atoms with van der Waals surface area (Å²) in [6.45, 7) is 7.13. The number of amides is 1. The summed E-state index contributed by atoms with van der Waals surface area (Å²) in [4.78, 5) is 14.6. The van der Waals surface area contributed by atoms with Crippen molar-refractivity contribution < 1.29 is 9.90 Å². The topological polar surface area (TPSA) is 45.5 Å². The second-order valence-electron chi connectivity index (χ2n) is 6.17. The predicted molar refractivity (Wildman–Crippen MR) is 86.5 cm³/mol.